The van der Waals surface area contributed by atoms with Crippen LogP contribution in [-0.2, 0) is 4.79 Å². The van der Waals surface area contributed by atoms with E-state index in [0.717, 1.165) is 16.6 Å². The molecule has 0 saturated heterocycles. The van der Waals surface area contributed by atoms with Crippen LogP contribution in [0.4, 0.5) is 0 Å². The van der Waals surface area contributed by atoms with Gasteiger partial charge in [-0.1, -0.05) is 28.9 Å². The molecule has 0 radical (unpaired) electrons. The number of aliphatic hydroxyl groups is 1. The van der Waals surface area contributed by atoms with E-state index in [0.29, 0.717) is 19.4 Å². The number of halogens is 1. The monoisotopic (exact) mass is 329 g/mol. The van der Waals surface area contributed by atoms with Gasteiger partial charge in [-0.05, 0) is 31.0 Å². The summed E-state index contributed by atoms with van der Waals surface area (Å²) in [6.07, 6.45) is 1.72. The van der Waals surface area contributed by atoms with E-state index in [1.807, 2.05) is 31.2 Å². The van der Waals surface area contributed by atoms with Crippen LogP contribution >= 0.6 is 15.9 Å². The maximum atomic E-state index is 11.7. The van der Waals surface area contributed by atoms with Gasteiger partial charge in [0.1, 0.15) is 5.75 Å². The second-order valence-corrected chi connectivity index (χ2v) is 5.16. The minimum Gasteiger partial charge on any atom is -0.493 e. The molecule has 1 unspecified atom stereocenters. The number of rotatable bonds is 8. The summed E-state index contributed by atoms with van der Waals surface area (Å²) in [5.41, 5.74) is 0. The van der Waals surface area contributed by atoms with E-state index < -0.39 is 0 Å². The molecule has 0 aliphatic heterocycles. The molecule has 4 nitrogen and oxygen atoms in total. The van der Waals surface area contributed by atoms with E-state index >= 15 is 0 Å². The van der Waals surface area contributed by atoms with Gasteiger partial charge in [0.05, 0.1) is 13.0 Å². The summed E-state index contributed by atoms with van der Waals surface area (Å²) in [5, 5.41) is 11.7. The van der Waals surface area contributed by atoms with Gasteiger partial charge in [-0.15, -0.1) is 0 Å². The molecule has 0 aliphatic rings. The van der Waals surface area contributed by atoms with Gasteiger partial charge in [0.2, 0.25) is 5.91 Å². The molecule has 1 amide bonds. The van der Waals surface area contributed by atoms with Crippen LogP contribution < -0.4 is 10.1 Å². The number of hydrogen-bond donors (Lipinski definition) is 2. The van der Waals surface area contributed by atoms with E-state index in [2.05, 4.69) is 21.2 Å². The van der Waals surface area contributed by atoms with Crippen LogP contribution in [0, 0.1) is 0 Å². The first kappa shape index (κ1) is 16.0. The highest BCUT2D eigenvalue weighted by Gasteiger charge is 2.09. The second kappa shape index (κ2) is 8.93. The van der Waals surface area contributed by atoms with E-state index in [-0.39, 0.29) is 18.6 Å². The first-order chi connectivity index (χ1) is 9.15. The second-order valence-electron chi connectivity index (χ2n) is 4.24. The summed E-state index contributed by atoms with van der Waals surface area (Å²) in [6.45, 7) is 2.42. The van der Waals surface area contributed by atoms with Gasteiger partial charge in [0.25, 0.3) is 0 Å². The van der Waals surface area contributed by atoms with Gasteiger partial charge < -0.3 is 15.2 Å². The summed E-state index contributed by atoms with van der Waals surface area (Å²) < 4.78 is 6.44. The lowest BCUT2D eigenvalue weighted by Gasteiger charge is -2.15. The SMILES string of the molecule is CCC(CCO)NC(=O)CCOc1cccc(Br)c1. The quantitative estimate of drug-likeness (QED) is 0.770. The van der Waals surface area contributed by atoms with Gasteiger partial charge >= 0.3 is 0 Å². The summed E-state index contributed by atoms with van der Waals surface area (Å²) in [6, 6.07) is 7.55. The van der Waals surface area contributed by atoms with E-state index in [1.165, 1.54) is 0 Å². The summed E-state index contributed by atoms with van der Waals surface area (Å²) in [5.74, 6) is 0.694. The fourth-order valence-electron chi connectivity index (χ4n) is 1.65. The predicted molar refractivity (Wildman–Crippen MR) is 78.2 cm³/mol. The Labute approximate surface area is 122 Å². The third kappa shape index (κ3) is 6.59. The maximum absolute atomic E-state index is 11.7. The van der Waals surface area contributed by atoms with Crippen molar-refractivity contribution < 1.29 is 14.6 Å². The Kier molecular flexibility index (Phi) is 7.52. The number of carbonyl (C=O) groups is 1. The number of hydrogen-bond acceptors (Lipinski definition) is 3. The number of benzene rings is 1. The molecular weight excluding hydrogens is 310 g/mol. The maximum Gasteiger partial charge on any atom is 0.223 e. The van der Waals surface area contributed by atoms with E-state index in [9.17, 15) is 4.79 Å². The minimum atomic E-state index is -0.0460. The Hall–Kier alpha value is -1.07. The molecule has 0 aromatic heterocycles. The van der Waals surface area contributed by atoms with Gasteiger partial charge in [-0.3, -0.25) is 4.79 Å². The van der Waals surface area contributed by atoms with Crippen molar-refractivity contribution in [2.24, 2.45) is 0 Å². The van der Waals surface area contributed by atoms with Crippen molar-refractivity contribution in [2.45, 2.75) is 32.2 Å². The third-order valence-electron chi connectivity index (χ3n) is 2.73. The fraction of sp³-hybridized carbons (Fsp3) is 0.500. The van der Waals surface area contributed by atoms with Crippen LogP contribution in [0.5, 0.6) is 5.75 Å². The highest BCUT2D eigenvalue weighted by Crippen LogP contribution is 2.17. The topological polar surface area (TPSA) is 58.6 Å². The minimum absolute atomic E-state index is 0.0448. The molecule has 106 valence electrons. The fourth-order valence-corrected chi connectivity index (χ4v) is 2.03. The molecule has 5 heteroatoms. The zero-order chi connectivity index (χ0) is 14.1. The lowest BCUT2D eigenvalue weighted by atomic mass is 10.1. The zero-order valence-corrected chi connectivity index (χ0v) is 12.6. The van der Waals surface area contributed by atoms with Crippen molar-refractivity contribution in [1.82, 2.24) is 5.32 Å². The molecule has 2 N–H and O–H groups in total. The molecule has 0 fully saturated rings. The lowest BCUT2D eigenvalue weighted by Crippen LogP contribution is -2.35. The van der Waals surface area contributed by atoms with Crippen molar-refractivity contribution in [1.29, 1.82) is 0 Å². The number of nitrogens with one attached hydrogen (secondary N) is 1. The first-order valence-electron chi connectivity index (χ1n) is 6.44. The Bertz CT molecular complexity index is 398. The molecule has 0 heterocycles. The van der Waals surface area contributed by atoms with Crippen molar-refractivity contribution in [2.75, 3.05) is 13.2 Å². The highest BCUT2D eigenvalue weighted by molar-refractivity contribution is 9.10. The summed E-state index contributed by atoms with van der Waals surface area (Å²) in [7, 11) is 0. The van der Waals surface area contributed by atoms with Crippen molar-refractivity contribution >= 4 is 21.8 Å². The van der Waals surface area contributed by atoms with Gasteiger partial charge in [-0.2, -0.15) is 0 Å². The van der Waals surface area contributed by atoms with Crippen molar-refractivity contribution in [3.63, 3.8) is 0 Å². The average molecular weight is 330 g/mol. The Morgan fingerprint density at radius 1 is 1.53 bits per heavy atom. The average Bonchev–Trinajstić information content (AvgIpc) is 2.38. The van der Waals surface area contributed by atoms with Crippen molar-refractivity contribution in [3.8, 4) is 5.75 Å². The molecule has 1 rings (SSSR count). The molecule has 1 aromatic rings. The van der Waals surface area contributed by atoms with Crippen LogP contribution in [0.25, 0.3) is 0 Å². The normalized spacial score (nSPS) is 11.9. The van der Waals surface area contributed by atoms with Crippen molar-refractivity contribution in [3.05, 3.63) is 28.7 Å². The Balaban J connectivity index is 2.27. The molecule has 0 saturated carbocycles. The summed E-state index contributed by atoms with van der Waals surface area (Å²) >= 11 is 3.36. The van der Waals surface area contributed by atoms with Gasteiger partial charge in [-0.25, -0.2) is 0 Å². The van der Waals surface area contributed by atoms with E-state index in [4.69, 9.17) is 9.84 Å². The van der Waals surface area contributed by atoms with Gasteiger partial charge in [0, 0.05) is 17.1 Å². The zero-order valence-electron chi connectivity index (χ0n) is 11.1. The molecule has 0 bridgehead atoms. The number of ether oxygens (including phenoxy) is 1. The third-order valence-corrected chi connectivity index (χ3v) is 3.22. The Morgan fingerprint density at radius 3 is 2.95 bits per heavy atom. The largest absolute Gasteiger partial charge is 0.493 e. The van der Waals surface area contributed by atoms with Gasteiger partial charge in [0.15, 0.2) is 0 Å². The molecule has 1 aromatic carbocycles. The van der Waals surface area contributed by atoms with E-state index in [1.54, 1.807) is 0 Å². The summed E-state index contributed by atoms with van der Waals surface area (Å²) in [4.78, 5) is 11.7. The first-order valence-corrected chi connectivity index (χ1v) is 7.23. The molecule has 1 atom stereocenters. The molecule has 0 spiro atoms. The smallest absolute Gasteiger partial charge is 0.223 e. The van der Waals surface area contributed by atoms with Crippen LogP contribution in [0.15, 0.2) is 28.7 Å². The number of aliphatic hydroxyl groups excluding tert-OH is 1. The highest BCUT2D eigenvalue weighted by atomic mass is 79.9. The van der Waals surface area contributed by atoms with Crippen LogP contribution in [0.1, 0.15) is 26.2 Å². The number of amides is 1. The molecule has 0 aliphatic carbocycles. The predicted octanol–water partition coefficient (Wildman–Crippen LogP) is 2.50. The van der Waals surface area contributed by atoms with Crippen LogP contribution in [-0.4, -0.2) is 30.3 Å². The van der Waals surface area contributed by atoms with Crippen LogP contribution in [0.2, 0.25) is 0 Å². The lowest BCUT2D eigenvalue weighted by molar-refractivity contribution is -0.122. The molecular formula is C14H20BrNO3. The molecule has 19 heavy (non-hydrogen) atoms. The number of carbonyl (C=O) groups excluding carboxylic acids is 1. The van der Waals surface area contributed by atoms with Crippen LogP contribution in [0.3, 0.4) is 0 Å². The Morgan fingerprint density at radius 2 is 2.32 bits per heavy atom. The standard InChI is InChI=1S/C14H20BrNO3/c1-2-12(6-8-17)16-14(18)7-9-19-13-5-3-4-11(15)10-13/h3-5,10,12,17H,2,6-9H2,1H3,(H,16,18).